The SMILES string of the molecule is O=C(NCc1ccccc1)C1CCC(Cn2c(=O)c3sccc3n(Cc3ccccc3)c2=O)CC1. The molecule has 1 aliphatic carbocycles. The molecule has 1 N–H and O–H groups in total. The number of carbonyl (C=O) groups is 1. The van der Waals surface area contributed by atoms with Gasteiger partial charge in [0.05, 0.1) is 12.1 Å². The fraction of sp³-hybridized carbons (Fsp3) is 0.321. The maximum atomic E-state index is 13.4. The fourth-order valence-corrected chi connectivity index (χ4v) is 5.85. The molecule has 5 rings (SSSR count). The lowest BCUT2D eigenvalue weighted by Crippen LogP contribution is -2.42. The van der Waals surface area contributed by atoms with E-state index in [2.05, 4.69) is 5.32 Å². The molecule has 6 nitrogen and oxygen atoms in total. The first-order valence-corrected chi connectivity index (χ1v) is 13.0. The second kappa shape index (κ2) is 10.4. The molecule has 180 valence electrons. The van der Waals surface area contributed by atoms with Gasteiger partial charge in [0.15, 0.2) is 0 Å². The van der Waals surface area contributed by atoms with Crippen LogP contribution in [0.3, 0.4) is 0 Å². The summed E-state index contributed by atoms with van der Waals surface area (Å²) in [5, 5.41) is 4.92. The molecule has 0 unspecified atom stereocenters. The Balaban J connectivity index is 1.28. The molecule has 0 bridgehead atoms. The highest BCUT2D eigenvalue weighted by Gasteiger charge is 2.27. The summed E-state index contributed by atoms with van der Waals surface area (Å²) < 4.78 is 3.75. The van der Waals surface area contributed by atoms with Crippen molar-refractivity contribution >= 4 is 27.5 Å². The number of carbonyl (C=O) groups excluding carboxylic acids is 1. The Morgan fingerprint density at radius 1 is 0.857 bits per heavy atom. The molecule has 2 heterocycles. The first kappa shape index (κ1) is 23.3. The monoisotopic (exact) mass is 487 g/mol. The Morgan fingerprint density at radius 3 is 2.20 bits per heavy atom. The molecule has 7 heteroatoms. The van der Waals surface area contributed by atoms with Crippen molar-refractivity contribution in [3.63, 3.8) is 0 Å². The van der Waals surface area contributed by atoms with Gasteiger partial charge in [-0.15, -0.1) is 11.3 Å². The Hall–Kier alpha value is -3.45. The maximum Gasteiger partial charge on any atom is 0.331 e. The highest BCUT2D eigenvalue weighted by molar-refractivity contribution is 7.17. The van der Waals surface area contributed by atoms with E-state index in [9.17, 15) is 14.4 Å². The molecule has 35 heavy (non-hydrogen) atoms. The van der Waals surface area contributed by atoms with Gasteiger partial charge in [0, 0.05) is 19.0 Å². The van der Waals surface area contributed by atoms with E-state index in [1.165, 1.54) is 15.9 Å². The minimum atomic E-state index is -0.257. The molecule has 1 amide bonds. The summed E-state index contributed by atoms with van der Waals surface area (Å²) in [6.07, 6.45) is 3.21. The molecule has 2 aromatic heterocycles. The van der Waals surface area contributed by atoms with E-state index in [1.54, 1.807) is 4.57 Å². The fourth-order valence-electron chi connectivity index (χ4n) is 5.01. The van der Waals surface area contributed by atoms with Gasteiger partial charge >= 0.3 is 5.69 Å². The molecule has 4 aromatic rings. The van der Waals surface area contributed by atoms with Crippen LogP contribution in [0.5, 0.6) is 0 Å². The number of rotatable bonds is 7. The summed E-state index contributed by atoms with van der Waals surface area (Å²) in [5.74, 6) is 0.289. The Bertz CT molecular complexity index is 1410. The number of aromatic nitrogens is 2. The molecule has 0 atom stereocenters. The van der Waals surface area contributed by atoms with Crippen molar-refractivity contribution in [2.45, 2.75) is 45.3 Å². The van der Waals surface area contributed by atoms with E-state index >= 15 is 0 Å². The third-order valence-corrected chi connectivity index (χ3v) is 7.88. The van der Waals surface area contributed by atoms with Gasteiger partial charge < -0.3 is 5.32 Å². The van der Waals surface area contributed by atoms with Crippen LogP contribution in [0.1, 0.15) is 36.8 Å². The number of hydrogen-bond acceptors (Lipinski definition) is 4. The first-order valence-electron chi connectivity index (χ1n) is 12.2. The smallest absolute Gasteiger partial charge is 0.331 e. The predicted molar refractivity (Wildman–Crippen MR) is 140 cm³/mol. The van der Waals surface area contributed by atoms with Crippen LogP contribution in [0.15, 0.2) is 81.7 Å². The number of benzene rings is 2. The predicted octanol–water partition coefficient (Wildman–Crippen LogP) is 4.40. The summed E-state index contributed by atoms with van der Waals surface area (Å²) in [5.41, 5.74) is 2.35. The van der Waals surface area contributed by atoms with Crippen molar-refractivity contribution in [2.24, 2.45) is 11.8 Å². The normalized spacial score (nSPS) is 17.9. The van der Waals surface area contributed by atoms with Crippen LogP contribution < -0.4 is 16.6 Å². The molecule has 0 aliphatic heterocycles. The van der Waals surface area contributed by atoms with E-state index in [0.29, 0.717) is 29.9 Å². The lowest BCUT2D eigenvalue weighted by atomic mass is 9.81. The van der Waals surface area contributed by atoms with Gasteiger partial charge in [-0.05, 0) is 54.2 Å². The Morgan fingerprint density at radius 2 is 1.51 bits per heavy atom. The second-order valence-electron chi connectivity index (χ2n) is 9.33. The zero-order valence-electron chi connectivity index (χ0n) is 19.6. The number of thiophene rings is 1. The van der Waals surface area contributed by atoms with Crippen LogP contribution in [0.4, 0.5) is 0 Å². The van der Waals surface area contributed by atoms with Gasteiger partial charge in [0.2, 0.25) is 5.91 Å². The molecular weight excluding hydrogens is 458 g/mol. The first-order chi connectivity index (χ1) is 17.1. The summed E-state index contributed by atoms with van der Waals surface area (Å²) in [7, 11) is 0. The molecule has 1 aliphatic rings. The van der Waals surface area contributed by atoms with Crippen molar-refractivity contribution in [1.82, 2.24) is 14.5 Å². The summed E-state index contributed by atoms with van der Waals surface area (Å²) in [4.78, 5) is 39.3. The van der Waals surface area contributed by atoms with Crippen LogP contribution in [0.25, 0.3) is 10.2 Å². The molecule has 1 fully saturated rings. The van der Waals surface area contributed by atoms with Crippen LogP contribution in [-0.2, 0) is 24.4 Å². The van der Waals surface area contributed by atoms with E-state index in [-0.39, 0.29) is 29.0 Å². The Labute approximate surface area is 207 Å². The zero-order valence-corrected chi connectivity index (χ0v) is 20.4. The van der Waals surface area contributed by atoms with Crippen molar-refractivity contribution in [2.75, 3.05) is 0 Å². The topological polar surface area (TPSA) is 73.1 Å². The molecule has 0 saturated heterocycles. The largest absolute Gasteiger partial charge is 0.352 e. The van der Waals surface area contributed by atoms with Crippen molar-refractivity contribution in [3.05, 3.63) is 104 Å². The van der Waals surface area contributed by atoms with Crippen LogP contribution in [0.2, 0.25) is 0 Å². The van der Waals surface area contributed by atoms with E-state index < -0.39 is 0 Å². The van der Waals surface area contributed by atoms with Gasteiger partial charge in [-0.2, -0.15) is 0 Å². The lowest BCUT2D eigenvalue weighted by molar-refractivity contribution is -0.126. The average Bonchev–Trinajstić information content (AvgIpc) is 3.39. The second-order valence-corrected chi connectivity index (χ2v) is 10.2. The summed E-state index contributed by atoms with van der Waals surface area (Å²) in [6, 6.07) is 21.6. The lowest BCUT2D eigenvalue weighted by Gasteiger charge is -2.28. The van der Waals surface area contributed by atoms with Crippen LogP contribution in [-0.4, -0.2) is 15.0 Å². The standard InChI is InChI=1S/C28H29N3O3S/c32-26(29-17-20-7-3-1-4-8-20)23-13-11-22(12-14-23)19-31-27(33)25-24(15-16-35-25)30(28(31)34)18-21-9-5-2-6-10-21/h1-10,15-16,22-23H,11-14,17-19H2,(H,29,32). The number of fused-ring (bicyclic) bond motifs is 1. The Kier molecular flexibility index (Phi) is 6.95. The molecule has 2 aromatic carbocycles. The quantitative estimate of drug-likeness (QED) is 0.420. The van der Waals surface area contributed by atoms with E-state index in [4.69, 9.17) is 0 Å². The number of nitrogens with one attached hydrogen (secondary N) is 1. The number of nitrogens with zero attached hydrogens (tertiary/aromatic N) is 2. The van der Waals surface area contributed by atoms with Crippen LogP contribution >= 0.6 is 11.3 Å². The third kappa shape index (κ3) is 5.15. The van der Waals surface area contributed by atoms with Gasteiger partial charge in [0.1, 0.15) is 4.70 Å². The summed E-state index contributed by atoms with van der Waals surface area (Å²) in [6.45, 7) is 1.37. The van der Waals surface area contributed by atoms with Gasteiger partial charge in [-0.1, -0.05) is 60.7 Å². The van der Waals surface area contributed by atoms with Crippen molar-refractivity contribution in [3.8, 4) is 0 Å². The van der Waals surface area contributed by atoms with Gasteiger partial charge in [-0.25, -0.2) is 4.79 Å². The molecular formula is C28H29N3O3S. The van der Waals surface area contributed by atoms with Gasteiger partial charge in [0.25, 0.3) is 5.56 Å². The van der Waals surface area contributed by atoms with E-state index in [1.807, 2.05) is 72.1 Å². The van der Waals surface area contributed by atoms with Crippen molar-refractivity contribution in [1.29, 1.82) is 0 Å². The van der Waals surface area contributed by atoms with Gasteiger partial charge in [-0.3, -0.25) is 18.7 Å². The van der Waals surface area contributed by atoms with E-state index in [0.717, 1.165) is 36.8 Å². The zero-order chi connectivity index (χ0) is 24.2. The third-order valence-electron chi connectivity index (χ3n) is 6.99. The highest BCUT2D eigenvalue weighted by Crippen LogP contribution is 2.30. The molecule has 0 radical (unpaired) electrons. The molecule has 1 saturated carbocycles. The summed E-state index contributed by atoms with van der Waals surface area (Å²) >= 11 is 1.39. The average molecular weight is 488 g/mol. The molecule has 0 spiro atoms. The maximum absolute atomic E-state index is 13.4. The minimum Gasteiger partial charge on any atom is -0.352 e. The highest BCUT2D eigenvalue weighted by atomic mass is 32.1. The van der Waals surface area contributed by atoms with Crippen LogP contribution in [0, 0.1) is 11.8 Å². The number of hydrogen-bond donors (Lipinski definition) is 1. The van der Waals surface area contributed by atoms with Crippen molar-refractivity contribution < 1.29 is 4.79 Å². The number of amides is 1. The minimum absolute atomic E-state index is 0.0128.